The minimum Gasteiger partial charge on any atom is -0.491 e. The molecule has 2 nitrogen and oxygen atoms in total. The third-order valence-electron chi connectivity index (χ3n) is 1.91. The monoisotopic (exact) mass is 202 g/mol. The van der Waals surface area contributed by atoms with E-state index in [4.69, 9.17) is 0 Å². The Kier molecular flexibility index (Phi) is 2.76. The molecule has 1 rings (SSSR count). The summed E-state index contributed by atoms with van der Waals surface area (Å²) in [5.74, 6) is -2.06. The topological polar surface area (TPSA) is 29.5 Å². The van der Waals surface area contributed by atoms with Crippen molar-refractivity contribution in [1.82, 2.24) is 0 Å². The lowest BCUT2D eigenvalue weighted by Gasteiger charge is -2.18. The first-order chi connectivity index (χ1) is 6.36. The largest absolute Gasteiger partial charge is 0.491 e. The van der Waals surface area contributed by atoms with E-state index in [1.54, 1.807) is 0 Å². The van der Waals surface area contributed by atoms with Gasteiger partial charge in [-0.2, -0.15) is 0 Å². The summed E-state index contributed by atoms with van der Waals surface area (Å²) < 4.78 is 30.8. The highest BCUT2D eigenvalue weighted by Gasteiger charge is 2.21. The van der Waals surface area contributed by atoms with Crippen LogP contribution in [0.15, 0.2) is 12.1 Å². The number of ether oxygens (including phenoxy) is 1. The van der Waals surface area contributed by atoms with E-state index in [1.165, 1.54) is 21.0 Å². The molecule has 1 N–H and O–H groups in total. The normalized spacial score (nSPS) is 11.6. The van der Waals surface area contributed by atoms with Gasteiger partial charge in [0.15, 0.2) is 17.4 Å². The fourth-order valence-corrected chi connectivity index (χ4v) is 1.11. The van der Waals surface area contributed by atoms with Crippen molar-refractivity contribution in [2.45, 2.75) is 19.4 Å². The lowest BCUT2D eigenvalue weighted by molar-refractivity contribution is 0.0777. The molecule has 0 unspecified atom stereocenters. The fraction of sp³-hybridized carbons (Fsp3) is 0.400. The summed E-state index contributed by atoms with van der Waals surface area (Å²) in [5, 5.41) is 9.53. The van der Waals surface area contributed by atoms with Gasteiger partial charge in [0, 0.05) is 0 Å². The standard InChI is InChI=1S/C10H12F2O2/c1-10(2,13)6-4-7(11)9(14-3)8(12)5-6/h4-5,13H,1-3H3. The first kappa shape index (κ1) is 10.9. The highest BCUT2D eigenvalue weighted by molar-refractivity contribution is 5.33. The van der Waals surface area contributed by atoms with Gasteiger partial charge < -0.3 is 9.84 Å². The molecule has 0 bridgehead atoms. The van der Waals surface area contributed by atoms with Crippen LogP contribution in [-0.4, -0.2) is 12.2 Å². The second kappa shape index (κ2) is 3.53. The van der Waals surface area contributed by atoms with E-state index < -0.39 is 23.0 Å². The average Bonchev–Trinajstić information content (AvgIpc) is 2.01. The zero-order valence-corrected chi connectivity index (χ0v) is 8.27. The highest BCUT2D eigenvalue weighted by Crippen LogP contribution is 2.28. The Labute approximate surface area is 81.1 Å². The minimum atomic E-state index is -1.27. The van der Waals surface area contributed by atoms with E-state index >= 15 is 0 Å². The van der Waals surface area contributed by atoms with Gasteiger partial charge in [0.05, 0.1) is 12.7 Å². The maximum absolute atomic E-state index is 13.2. The van der Waals surface area contributed by atoms with Crippen molar-refractivity contribution in [2.75, 3.05) is 7.11 Å². The minimum absolute atomic E-state index is 0.174. The van der Waals surface area contributed by atoms with E-state index in [0.717, 1.165) is 12.1 Å². The average molecular weight is 202 g/mol. The molecular weight excluding hydrogens is 190 g/mol. The zero-order chi connectivity index (χ0) is 10.9. The van der Waals surface area contributed by atoms with Gasteiger partial charge in [-0.25, -0.2) is 8.78 Å². The third-order valence-corrected chi connectivity index (χ3v) is 1.91. The molecule has 4 heteroatoms. The first-order valence-corrected chi connectivity index (χ1v) is 4.12. The fourth-order valence-electron chi connectivity index (χ4n) is 1.11. The zero-order valence-electron chi connectivity index (χ0n) is 8.27. The summed E-state index contributed by atoms with van der Waals surface area (Å²) in [7, 11) is 1.19. The van der Waals surface area contributed by atoms with E-state index in [0.29, 0.717) is 0 Å². The summed E-state index contributed by atoms with van der Waals surface area (Å²) >= 11 is 0. The Morgan fingerprint density at radius 1 is 1.21 bits per heavy atom. The van der Waals surface area contributed by atoms with Gasteiger partial charge >= 0.3 is 0 Å². The van der Waals surface area contributed by atoms with Crippen molar-refractivity contribution >= 4 is 0 Å². The molecule has 0 radical (unpaired) electrons. The third kappa shape index (κ3) is 2.01. The van der Waals surface area contributed by atoms with Crippen molar-refractivity contribution in [3.63, 3.8) is 0 Å². The second-order valence-corrected chi connectivity index (χ2v) is 3.53. The van der Waals surface area contributed by atoms with E-state index in [1.807, 2.05) is 0 Å². The van der Waals surface area contributed by atoms with E-state index in [2.05, 4.69) is 4.74 Å². The van der Waals surface area contributed by atoms with Crippen molar-refractivity contribution < 1.29 is 18.6 Å². The Morgan fingerprint density at radius 3 is 1.93 bits per heavy atom. The van der Waals surface area contributed by atoms with Crippen molar-refractivity contribution in [1.29, 1.82) is 0 Å². The summed E-state index contributed by atoms with van der Waals surface area (Å²) in [6, 6.07) is 2.11. The van der Waals surface area contributed by atoms with Crippen LogP contribution in [0.2, 0.25) is 0 Å². The van der Waals surface area contributed by atoms with Gasteiger partial charge in [0.25, 0.3) is 0 Å². The number of methoxy groups -OCH3 is 1. The van der Waals surface area contributed by atoms with Crippen LogP contribution in [0, 0.1) is 11.6 Å². The van der Waals surface area contributed by atoms with Gasteiger partial charge in [-0.3, -0.25) is 0 Å². The summed E-state index contributed by atoms with van der Waals surface area (Å²) in [4.78, 5) is 0. The Hall–Kier alpha value is -1.16. The Morgan fingerprint density at radius 2 is 1.64 bits per heavy atom. The maximum Gasteiger partial charge on any atom is 0.190 e. The number of hydrogen-bond acceptors (Lipinski definition) is 2. The number of halogens is 2. The van der Waals surface area contributed by atoms with Gasteiger partial charge in [-0.15, -0.1) is 0 Å². The molecule has 1 aromatic rings. The second-order valence-electron chi connectivity index (χ2n) is 3.53. The molecule has 0 heterocycles. The van der Waals surface area contributed by atoms with Crippen molar-refractivity contribution in [3.8, 4) is 5.75 Å². The summed E-state index contributed by atoms with van der Waals surface area (Å²) in [6.45, 7) is 2.90. The Bertz CT molecular complexity index is 319. The van der Waals surface area contributed by atoms with Crippen molar-refractivity contribution in [2.24, 2.45) is 0 Å². The molecule has 0 aliphatic heterocycles. The molecule has 0 amide bonds. The molecule has 0 fully saturated rings. The van der Waals surface area contributed by atoms with Gasteiger partial charge in [-0.05, 0) is 31.5 Å². The highest BCUT2D eigenvalue weighted by atomic mass is 19.1. The molecule has 1 aromatic carbocycles. The first-order valence-electron chi connectivity index (χ1n) is 4.12. The van der Waals surface area contributed by atoms with Gasteiger partial charge in [-0.1, -0.05) is 0 Å². The molecule has 78 valence electrons. The number of benzene rings is 1. The molecule has 0 aliphatic rings. The van der Waals surface area contributed by atoms with E-state index in [-0.39, 0.29) is 5.56 Å². The predicted octanol–water partition coefficient (Wildman–Crippen LogP) is 2.20. The quantitative estimate of drug-likeness (QED) is 0.796. The van der Waals surface area contributed by atoms with Crippen LogP contribution in [0.4, 0.5) is 8.78 Å². The van der Waals surface area contributed by atoms with Crippen LogP contribution in [0.1, 0.15) is 19.4 Å². The summed E-state index contributed by atoms with van der Waals surface area (Å²) in [6.07, 6.45) is 0. The van der Waals surface area contributed by atoms with Crippen LogP contribution >= 0.6 is 0 Å². The van der Waals surface area contributed by atoms with Crippen LogP contribution < -0.4 is 4.74 Å². The van der Waals surface area contributed by atoms with Crippen LogP contribution in [0.25, 0.3) is 0 Å². The van der Waals surface area contributed by atoms with Crippen LogP contribution in [0.5, 0.6) is 5.75 Å². The maximum atomic E-state index is 13.2. The number of hydrogen-bond donors (Lipinski definition) is 1. The summed E-state index contributed by atoms with van der Waals surface area (Å²) in [5.41, 5.74) is -1.10. The predicted molar refractivity (Wildman–Crippen MR) is 48.2 cm³/mol. The Balaban J connectivity index is 3.28. The van der Waals surface area contributed by atoms with E-state index in [9.17, 15) is 13.9 Å². The lowest BCUT2D eigenvalue weighted by Crippen LogP contribution is -2.16. The molecule has 14 heavy (non-hydrogen) atoms. The van der Waals surface area contributed by atoms with Crippen LogP contribution in [0.3, 0.4) is 0 Å². The molecule has 0 aliphatic carbocycles. The van der Waals surface area contributed by atoms with Gasteiger partial charge in [0.1, 0.15) is 0 Å². The molecule has 0 spiro atoms. The number of aliphatic hydroxyl groups is 1. The molecule has 0 saturated heterocycles. The van der Waals surface area contributed by atoms with Crippen molar-refractivity contribution in [3.05, 3.63) is 29.3 Å². The molecule has 0 atom stereocenters. The molecule has 0 aromatic heterocycles. The smallest absolute Gasteiger partial charge is 0.190 e. The SMILES string of the molecule is COc1c(F)cc(C(C)(C)O)cc1F. The molecule has 0 saturated carbocycles. The number of rotatable bonds is 2. The lowest BCUT2D eigenvalue weighted by atomic mass is 9.98. The van der Waals surface area contributed by atoms with Gasteiger partial charge in [0.2, 0.25) is 0 Å². The molecular formula is C10H12F2O2. The van der Waals surface area contributed by atoms with Crippen LogP contribution in [-0.2, 0) is 5.60 Å².